The van der Waals surface area contributed by atoms with Crippen LogP contribution in [0.2, 0.25) is 0 Å². The van der Waals surface area contributed by atoms with Crippen molar-refractivity contribution >= 4 is 38.4 Å². The Hall–Kier alpha value is -2.74. The average Bonchev–Trinajstić information content (AvgIpc) is 3.31. The van der Waals surface area contributed by atoms with E-state index in [2.05, 4.69) is 22.9 Å². The molecule has 0 radical (unpaired) electrons. The number of aryl methyl sites for hydroxylation is 1. The van der Waals surface area contributed by atoms with Crippen LogP contribution in [0.4, 0.5) is 0 Å². The zero-order chi connectivity index (χ0) is 21.5. The van der Waals surface area contributed by atoms with Gasteiger partial charge in [-0.25, -0.2) is 4.98 Å². The van der Waals surface area contributed by atoms with Crippen molar-refractivity contribution in [3.05, 3.63) is 64.4 Å². The van der Waals surface area contributed by atoms with Gasteiger partial charge in [0.1, 0.15) is 21.1 Å². The first-order chi connectivity index (χ1) is 15.0. The van der Waals surface area contributed by atoms with Crippen molar-refractivity contribution < 1.29 is 13.9 Å². The van der Waals surface area contributed by atoms with Gasteiger partial charge in [-0.1, -0.05) is 24.3 Å². The average molecular weight is 436 g/mol. The minimum absolute atomic E-state index is 0.00754. The first-order valence-corrected chi connectivity index (χ1v) is 11.2. The maximum atomic E-state index is 12.9. The summed E-state index contributed by atoms with van der Waals surface area (Å²) < 4.78 is 12.3. The first kappa shape index (κ1) is 20.2. The Morgan fingerprint density at radius 1 is 1.23 bits per heavy atom. The number of carbonyl (C=O) groups excluding carboxylic acids is 1. The molecule has 160 valence electrons. The molecular formula is C24H25N3O3S. The van der Waals surface area contributed by atoms with Crippen LogP contribution >= 0.6 is 11.3 Å². The highest BCUT2D eigenvalue weighted by Gasteiger charge is 2.31. The molecular weight excluding hydrogens is 410 g/mol. The molecule has 1 aromatic carbocycles. The number of thiophene rings is 1. The molecule has 0 bridgehead atoms. The van der Waals surface area contributed by atoms with E-state index in [4.69, 9.17) is 9.15 Å². The number of pyridine rings is 1. The minimum atomic E-state index is -0.185. The van der Waals surface area contributed by atoms with E-state index in [9.17, 15) is 4.79 Å². The molecule has 6 nitrogen and oxygen atoms in total. The van der Waals surface area contributed by atoms with E-state index in [1.54, 1.807) is 25.2 Å². The molecule has 1 fully saturated rings. The largest absolute Gasteiger partial charge is 0.459 e. The Balaban J connectivity index is 1.46. The quantitative estimate of drug-likeness (QED) is 0.468. The summed E-state index contributed by atoms with van der Waals surface area (Å²) in [5.41, 5.74) is 3.07. The fourth-order valence-corrected chi connectivity index (χ4v) is 5.45. The lowest BCUT2D eigenvalue weighted by Gasteiger charge is -2.33. The summed E-state index contributed by atoms with van der Waals surface area (Å²) in [6.45, 7) is 4.97. The molecule has 1 aliphatic heterocycles. The Morgan fingerprint density at radius 3 is 2.84 bits per heavy atom. The molecule has 31 heavy (non-hydrogen) atoms. The molecule has 0 aliphatic carbocycles. The van der Waals surface area contributed by atoms with Gasteiger partial charge in [0, 0.05) is 49.7 Å². The number of para-hydroxylation sites is 1. The van der Waals surface area contributed by atoms with Gasteiger partial charge in [-0.15, -0.1) is 11.3 Å². The fourth-order valence-electron chi connectivity index (χ4n) is 4.23. The van der Waals surface area contributed by atoms with Gasteiger partial charge >= 0.3 is 0 Å². The number of benzene rings is 1. The lowest BCUT2D eigenvalue weighted by Crippen LogP contribution is -2.38. The SMILES string of the molecule is Cc1c(CN2CCOC(c3c(C(=O)N(C)C)sc4ncccc34)C2)oc2ccccc12. The first-order valence-electron chi connectivity index (χ1n) is 10.4. The van der Waals surface area contributed by atoms with Crippen molar-refractivity contribution in [2.75, 3.05) is 33.8 Å². The van der Waals surface area contributed by atoms with Crippen LogP contribution in [-0.4, -0.2) is 54.5 Å². The molecule has 7 heteroatoms. The topological polar surface area (TPSA) is 58.8 Å². The number of nitrogens with zero attached hydrogens (tertiary/aromatic N) is 3. The Labute approximate surface area is 185 Å². The number of hydrogen-bond acceptors (Lipinski definition) is 6. The van der Waals surface area contributed by atoms with Gasteiger partial charge < -0.3 is 14.1 Å². The third-order valence-electron chi connectivity index (χ3n) is 5.89. The molecule has 1 atom stereocenters. The highest BCUT2D eigenvalue weighted by molar-refractivity contribution is 7.20. The normalized spacial score (nSPS) is 17.5. The van der Waals surface area contributed by atoms with E-state index in [0.717, 1.165) is 45.6 Å². The number of rotatable bonds is 4. The number of aromatic nitrogens is 1. The van der Waals surface area contributed by atoms with Gasteiger partial charge in [0.25, 0.3) is 5.91 Å². The number of fused-ring (bicyclic) bond motifs is 2. The van der Waals surface area contributed by atoms with Crippen LogP contribution in [0.3, 0.4) is 0 Å². The van der Waals surface area contributed by atoms with Gasteiger partial charge in [0.05, 0.1) is 19.3 Å². The third-order valence-corrected chi connectivity index (χ3v) is 7.00. The molecule has 1 amide bonds. The summed E-state index contributed by atoms with van der Waals surface area (Å²) in [5, 5.41) is 2.17. The van der Waals surface area contributed by atoms with E-state index in [-0.39, 0.29) is 12.0 Å². The van der Waals surface area contributed by atoms with Crippen LogP contribution in [0.15, 0.2) is 47.0 Å². The lowest BCUT2D eigenvalue weighted by molar-refractivity contribution is -0.0341. The number of carbonyl (C=O) groups is 1. The zero-order valence-electron chi connectivity index (χ0n) is 17.9. The van der Waals surface area contributed by atoms with Crippen LogP contribution in [0.5, 0.6) is 0 Å². The maximum absolute atomic E-state index is 12.9. The molecule has 1 saturated heterocycles. The molecule has 3 aromatic heterocycles. The van der Waals surface area contributed by atoms with Crippen LogP contribution in [0.25, 0.3) is 21.2 Å². The molecule has 0 N–H and O–H groups in total. The molecule has 0 spiro atoms. The van der Waals surface area contributed by atoms with E-state index in [1.165, 1.54) is 16.9 Å². The van der Waals surface area contributed by atoms with Gasteiger partial charge in [0.2, 0.25) is 0 Å². The van der Waals surface area contributed by atoms with Crippen LogP contribution in [0, 0.1) is 6.92 Å². The summed E-state index contributed by atoms with van der Waals surface area (Å²) >= 11 is 1.45. The van der Waals surface area contributed by atoms with Gasteiger partial charge in [0.15, 0.2) is 0 Å². The molecule has 0 saturated carbocycles. The standard InChI is InChI=1S/C24H25N3O3S/c1-15-16-7-4-5-9-18(16)30-19(15)13-27-11-12-29-20(14-27)21-17-8-6-10-25-23(17)31-22(21)24(28)26(2)3/h4-10,20H,11-14H2,1-3H3. The predicted molar refractivity (Wildman–Crippen MR) is 123 cm³/mol. The fraction of sp³-hybridized carbons (Fsp3) is 0.333. The highest BCUT2D eigenvalue weighted by atomic mass is 32.1. The molecule has 1 unspecified atom stereocenters. The predicted octanol–water partition coefficient (Wildman–Crippen LogP) is 4.63. The number of ether oxygens (including phenoxy) is 1. The van der Waals surface area contributed by atoms with E-state index < -0.39 is 0 Å². The number of morpholine rings is 1. The molecule has 5 rings (SSSR count). The second-order valence-corrected chi connectivity index (χ2v) is 9.14. The van der Waals surface area contributed by atoms with E-state index in [0.29, 0.717) is 18.0 Å². The summed E-state index contributed by atoms with van der Waals surface area (Å²) in [4.78, 5) is 23.0. The summed E-state index contributed by atoms with van der Waals surface area (Å²) in [6, 6.07) is 12.1. The monoisotopic (exact) mass is 435 g/mol. The Morgan fingerprint density at radius 2 is 2.03 bits per heavy atom. The van der Waals surface area contributed by atoms with Crippen molar-refractivity contribution in [3.63, 3.8) is 0 Å². The highest BCUT2D eigenvalue weighted by Crippen LogP contribution is 2.38. The van der Waals surface area contributed by atoms with Gasteiger partial charge in [-0.3, -0.25) is 9.69 Å². The van der Waals surface area contributed by atoms with E-state index in [1.807, 2.05) is 30.3 Å². The summed E-state index contributed by atoms with van der Waals surface area (Å²) in [6.07, 6.45) is 1.58. The number of hydrogen-bond donors (Lipinski definition) is 0. The second-order valence-electron chi connectivity index (χ2n) is 8.14. The lowest BCUT2D eigenvalue weighted by atomic mass is 10.0. The Bertz CT molecular complexity index is 1260. The summed E-state index contributed by atoms with van der Waals surface area (Å²) in [5.74, 6) is 0.982. The minimum Gasteiger partial charge on any atom is -0.459 e. The van der Waals surface area contributed by atoms with Crippen molar-refractivity contribution in [1.82, 2.24) is 14.8 Å². The second kappa shape index (κ2) is 8.07. The zero-order valence-corrected chi connectivity index (χ0v) is 18.7. The molecule has 1 aliphatic rings. The molecule has 4 aromatic rings. The van der Waals surface area contributed by atoms with Crippen LogP contribution in [0.1, 0.15) is 32.7 Å². The smallest absolute Gasteiger partial charge is 0.263 e. The van der Waals surface area contributed by atoms with Crippen molar-refractivity contribution in [2.24, 2.45) is 0 Å². The van der Waals surface area contributed by atoms with Crippen molar-refractivity contribution in [2.45, 2.75) is 19.6 Å². The number of furan rings is 1. The number of amides is 1. The maximum Gasteiger partial charge on any atom is 0.263 e. The van der Waals surface area contributed by atoms with Crippen LogP contribution < -0.4 is 0 Å². The van der Waals surface area contributed by atoms with Crippen molar-refractivity contribution in [3.8, 4) is 0 Å². The Kier molecular flexibility index (Phi) is 5.25. The van der Waals surface area contributed by atoms with Crippen molar-refractivity contribution in [1.29, 1.82) is 0 Å². The molecule has 4 heterocycles. The third kappa shape index (κ3) is 3.63. The summed E-state index contributed by atoms with van der Waals surface area (Å²) in [7, 11) is 3.56. The van der Waals surface area contributed by atoms with Crippen LogP contribution in [-0.2, 0) is 11.3 Å². The van der Waals surface area contributed by atoms with E-state index >= 15 is 0 Å². The van der Waals surface area contributed by atoms with Gasteiger partial charge in [-0.2, -0.15) is 0 Å². The van der Waals surface area contributed by atoms with Gasteiger partial charge in [-0.05, 0) is 24.6 Å².